The van der Waals surface area contributed by atoms with Crippen molar-refractivity contribution in [2.24, 2.45) is 0 Å². The Morgan fingerprint density at radius 3 is 2.65 bits per heavy atom. The van der Waals surface area contributed by atoms with Crippen LogP contribution in [0.15, 0.2) is 23.2 Å². The number of nitrogen functional groups attached to an aromatic ring is 1. The summed E-state index contributed by atoms with van der Waals surface area (Å²) in [6.45, 7) is 3.35. The zero-order valence-corrected chi connectivity index (χ0v) is 11.9. The molecule has 0 saturated carbocycles. The second kappa shape index (κ2) is 5.22. The molecule has 0 fully saturated rings. The van der Waals surface area contributed by atoms with Gasteiger partial charge in [0.25, 0.3) is 0 Å². The number of hydrogen-bond acceptors (Lipinski definition) is 4. The fourth-order valence-electron chi connectivity index (χ4n) is 1.73. The summed E-state index contributed by atoms with van der Waals surface area (Å²) in [6, 6.07) is 2.35. The van der Waals surface area contributed by atoms with Gasteiger partial charge in [-0.1, -0.05) is 0 Å². The zero-order chi connectivity index (χ0) is 14.9. The average molecular weight is 298 g/mol. The van der Waals surface area contributed by atoms with Gasteiger partial charge in [0.05, 0.1) is 16.8 Å². The van der Waals surface area contributed by atoms with Crippen LogP contribution in [0, 0.1) is 19.7 Å². The van der Waals surface area contributed by atoms with Crippen LogP contribution in [-0.2, 0) is 16.6 Å². The number of aromatic nitrogens is 2. The van der Waals surface area contributed by atoms with Crippen LogP contribution in [0.2, 0.25) is 0 Å². The average Bonchev–Trinajstić information content (AvgIpc) is 2.78. The summed E-state index contributed by atoms with van der Waals surface area (Å²) in [5.41, 5.74) is 6.96. The lowest BCUT2D eigenvalue weighted by molar-refractivity contribution is 0.580. The van der Waals surface area contributed by atoms with Gasteiger partial charge in [0, 0.05) is 17.8 Å². The molecule has 4 N–H and O–H groups in total. The first-order chi connectivity index (χ1) is 9.31. The van der Waals surface area contributed by atoms with Crippen molar-refractivity contribution in [1.29, 1.82) is 0 Å². The minimum Gasteiger partial charge on any atom is -0.396 e. The fraction of sp³-hybridized carbons (Fsp3) is 0.250. The summed E-state index contributed by atoms with van der Waals surface area (Å²) in [7, 11) is -3.75. The van der Waals surface area contributed by atoms with Gasteiger partial charge >= 0.3 is 0 Å². The van der Waals surface area contributed by atoms with E-state index >= 15 is 0 Å². The molecule has 0 aliphatic rings. The van der Waals surface area contributed by atoms with E-state index in [0.717, 1.165) is 17.3 Å². The van der Waals surface area contributed by atoms with Crippen LogP contribution in [-0.4, -0.2) is 18.6 Å². The first-order valence-corrected chi connectivity index (χ1v) is 7.33. The molecular weight excluding hydrogens is 283 g/mol. The maximum Gasteiger partial charge on any atom is 0.240 e. The first kappa shape index (κ1) is 14.5. The van der Waals surface area contributed by atoms with Crippen LogP contribution in [0.1, 0.15) is 16.8 Å². The van der Waals surface area contributed by atoms with E-state index in [4.69, 9.17) is 5.73 Å². The van der Waals surface area contributed by atoms with Gasteiger partial charge in [0.1, 0.15) is 5.82 Å². The number of benzene rings is 1. The summed E-state index contributed by atoms with van der Waals surface area (Å²) in [5.74, 6) is -0.602. The normalized spacial score (nSPS) is 11.8. The molecule has 1 heterocycles. The molecule has 0 radical (unpaired) electrons. The molecule has 20 heavy (non-hydrogen) atoms. The smallest absolute Gasteiger partial charge is 0.240 e. The van der Waals surface area contributed by atoms with Crippen molar-refractivity contribution in [3.63, 3.8) is 0 Å². The number of hydrogen-bond donors (Lipinski definition) is 3. The summed E-state index contributed by atoms with van der Waals surface area (Å²) in [6.07, 6.45) is 1.54. The van der Waals surface area contributed by atoms with Crippen LogP contribution < -0.4 is 10.5 Å². The minimum atomic E-state index is -3.75. The molecule has 0 amide bonds. The van der Waals surface area contributed by atoms with Crippen molar-refractivity contribution in [3.8, 4) is 0 Å². The van der Waals surface area contributed by atoms with Gasteiger partial charge in [-0.2, -0.15) is 5.10 Å². The summed E-state index contributed by atoms with van der Waals surface area (Å²) < 4.78 is 40.1. The third-order valence-electron chi connectivity index (χ3n) is 2.95. The minimum absolute atomic E-state index is 0.0601. The SMILES string of the molecule is Cc1cc(S(=O)(=O)NCc2cn[nH]c2C)cc(N)c1F. The summed E-state index contributed by atoms with van der Waals surface area (Å²) in [4.78, 5) is -0.0601. The Balaban J connectivity index is 2.25. The Kier molecular flexibility index (Phi) is 3.78. The van der Waals surface area contributed by atoms with E-state index in [2.05, 4.69) is 14.9 Å². The second-order valence-corrected chi connectivity index (χ2v) is 6.26. The monoisotopic (exact) mass is 298 g/mol. The molecule has 1 aromatic carbocycles. The molecule has 0 unspecified atom stereocenters. The highest BCUT2D eigenvalue weighted by Crippen LogP contribution is 2.21. The van der Waals surface area contributed by atoms with Gasteiger partial charge in [0.15, 0.2) is 0 Å². The Labute approximate surface area is 116 Å². The Bertz CT molecular complexity index is 717. The van der Waals surface area contributed by atoms with Gasteiger partial charge in [-0.05, 0) is 31.5 Å². The number of nitrogens with zero attached hydrogens (tertiary/aromatic N) is 1. The molecule has 0 spiro atoms. The lowest BCUT2D eigenvalue weighted by Gasteiger charge is -2.09. The summed E-state index contributed by atoms with van der Waals surface area (Å²) >= 11 is 0. The molecule has 0 saturated heterocycles. The predicted octanol–water partition coefficient (Wildman–Crippen LogP) is 1.23. The van der Waals surface area contributed by atoms with E-state index in [1.165, 1.54) is 13.0 Å². The fourth-order valence-corrected chi connectivity index (χ4v) is 2.85. The lowest BCUT2D eigenvalue weighted by Crippen LogP contribution is -2.23. The van der Waals surface area contributed by atoms with Crippen LogP contribution in [0.3, 0.4) is 0 Å². The van der Waals surface area contributed by atoms with Crippen molar-refractivity contribution in [2.45, 2.75) is 25.3 Å². The van der Waals surface area contributed by atoms with Gasteiger partial charge in [-0.3, -0.25) is 5.10 Å². The molecule has 0 aliphatic carbocycles. The van der Waals surface area contributed by atoms with Gasteiger partial charge in [-0.15, -0.1) is 0 Å². The van der Waals surface area contributed by atoms with Crippen LogP contribution in [0.25, 0.3) is 0 Å². The van der Waals surface area contributed by atoms with Crippen molar-refractivity contribution in [3.05, 3.63) is 41.0 Å². The highest BCUT2D eigenvalue weighted by Gasteiger charge is 2.17. The molecule has 0 aliphatic heterocycles. The topological polar surface area (TPSA) is 101 Å². The van der Waals surface area contributed by atoms with E-state index in [1.807, 2.05) is 0 Å². The van der Waals surface area contributed by atoms with E-state index < -0.39 is 15.8 Å². The second-order valence-electron chi connectivity index (χ2n) is 4.49. The Hall–Kier alpha value is -1.93. The zero-order valence-electron chi connectivity index (χ0n) is 11.1. The third-order valence-corrected chi connectivity index (χ3v) is 4.33. The van der Waals surface area contributed by atoms with Crippen molar-refractivity contribution < 1.29 is 12.8 Å². The first-order valence-electron chi connectivity index (χ1n) is 5.85. The number of sulfonamides is 1. The standard InChI is InChI=1S/C12H15FN4O2S/c1-7-3-10(4-11(14)12(7)13)20(18,19)16-6-9-5-15-17-8(9)2/h3-5,16H,6,14H2,1-2H3,(H,15,17). The molecule has 0 bridgehead atoms. The highest BCUT2D eigenvalue weighted by molar-refractivity contribution is 7.89. The number of H-pyrrole nitrogens is 1. The Morgan fingerprint density at radius 1 is 1.40 bits per heavy atom. The molecule has 2 aromatic rings. The molecule has 2 rings (SSSR count). The third kappa shape index (κ3) is 2.81. The number of aromatic amines is 1. The van der Waals surface area contributed by atoms with E-state index in [9.17, 15) is 12.8 Å². The number of nitrogens with one attached hydrogen (secondary N) is 2. The van der Waals surface area contributed by atoms with Crippen LogP contribution in [0.4, 0.5) is 10.1 Å². The van der Waals surface area contributed by atoms with Gasteiger partial charge in [-0.25, -0.2) is 17.5 Å². The molecule has 1 aromatic heterocycles. The van der Waals surface area contributed by atoms with Crippen molar-refractivity contribution in [1.82, 2.24) is 14.9 Å². The molecule has 6 nitrogen and oxygen atoms in total. The largest absolute Gasteiger partial charge is 0.396 e. The van der Waals surface area contributed by atoms with E-state index in [-0.39, 0.29) is 22.7 Å². The number of nitrogens with two attached hydrogens (primary N) is 1. The number of anilines is 1. The molecule has 0 atom stereocenters. The van der Waals surface area contributed by atoms with Crippen molar-refractivity contribution in [2.75, 3.05) is 5.73 Å². The van der Waals surface area contributed by atoms with E-state index in [0.29, 0.717) is 0 Å². The number of rotatable bonds is 4. The highest BCUT2D eigenvalue weighted by atomic mass is 32.2. The molecule has 8 heteroatoms. The lowest BCUT2D eigenvalue weighted by atomic mass is 10.2. The molecule has 108 valence electrons. The maximum absolute atomic E-state index is 13.4. The number of halogens is 1. The van der Waals surface area contributed by atoms with Crippen LogP contribution >= 0.6 is 0 Å². The number of aryl methyl sites for hydroxylation is 2. The molecular formula is C12H15FN4O2S. The van der Waals surface area contributed by atoms with Crippen molar-refractivity contribution >= 4 is 15.7 Å². The summed E-state index contributed by atoms with van der Waals surface area (Å²) in [5, 5.41) is 6.52. The predicted molar refractivity (Wildman–Crippen MR) is 72.9 cm³/mol. The quantitative estimate of drug-likeness (QED) is 0.739. The van der Waals surface area contributed by atoms with Gasteiger partial charge in [0.2, 0.25) is 10.0 Å². The van der Waals surface area contributed by atoms with Crippen LogP contribution in [0.5, 0.6) is 0 Å². The Morgan fingerprint density at radius 2 is 2.10 bits per heavy atom. The van der Waals surface area contributed by atoms with Gasteiger partial charge < -0.3 is 5.73 Å². The maximum atomic E-state index is 13.4. The van der Waals surface area contributed by atoms with E-state index in [1.54, 1.807) is 13.1 Å².